The summed E-state index contributed by atoms with van der Waals surface area (Å²) in [6.45, 7) is 15.3. The fourth-order valence-corrected chi connectivity index (χ4v) is 8.86. The molecule has 5 aromatic rings. The van der Waals surface area contributed by atoms with Gasteiger partial charge in [0.2, 0.25) is 0 Å². The van der Waals surface area contributed by atoms with Gasteiger partial charge in [-0.1, -0.05) is 41.7 Å². The van der Waals surface area contributed by atoms with Crippen LogP contribution in [0.25, 0.3) is 21.3 Å². The number of aryl methyl sites for hydroxylation is 1. The number of nitrogens with one attached hydrogen (secondary N) is 1. The van der Waals surface area contributed by atoms with Crippen LogP contribution in [-0.4, -0.2) is 77.2 Å². The standard InChI is InChI=1S/C47H55N5O6S/c1-7-56-42(53)29-51-24-21-32(22-25-51)16-15-31(3)57-34-17-18-35(30(2)27-34)36-19-20-41(49-43(36)45(55)58-47(4,5)6)52-26-23-33-11-10-12-37(38(33)28-52)44(54)50-46-48-39-13-8-9-14-40(39)59-46/h8-14,17-20,27,31-32H,7,15-16,21-26,28-29H2,1-6H3,(H,48,50,54)/t31-/m1/s1. The van der Waals surface area contributed by atoms with Gasteiger partial charge in [-0.25, -0.2) is 14.8 Å². The molecular weight excluding hydrogens is 763 g/mol. The average Bonchev–Trinajstić information content (AvgIpc) is 3.62. The minimum absolute atomic E-state index is 0.0323. The van der Waals surface area contributed by atoms with Gasteiger partial charge >= 0.3 is 11.9 Å². The maximum atomic E-state index is 13.9. The first-order valence-electron chi connectivity index (χ1n) is 20.8. The third-order valence-corrected chi connectivity index (χ3v) is 12.0. The molecule has 1 fully saturated rings. The predicted molar refractivity (Wildman–Crippen MR) is 233 cm³/mol. The monoisotopic (exact) mass is 817 g/mol. The molecule has 310 valence electrons. The summed E-state index contributed by atoms with van der Waals surface area (Å²) < 4.78 is 18.4. The van der Waals surface area contributed by atoms with Crippen LogP contribution in [0.1, 0.15) is 97.8 Å². The molecule has 2 aliphatic heterocycles. The van der Waals surface area contributed by atoms with Crippen molar-refractivity contribution in [3.8, 4) is 16.9 Å². The van der Waals surface area contributed by atoms with Crippen molar-refractivity contribution in [2.75, 3.05) is 43.0 Å². The van der Waals surface area contributed by atoms with Gasteiger partial charge in [0.1, 0.15) is 17.2 Å². The third kappa shape index (κ3) is 10.5. The van der Waals surface area contributed by atoms with Crippen LogP contribution < -0.4 is 15.0 Å². The molecule has 0 saturated carbocycles. The second-order valence-corrected chi connectivity index (χ2v) is 17.7. The van der Waals surface area contributed by atoms with Gasteiger partial charge in [-0.05, 0) is 157 Å². The molecule has 1 atom stereocenters. The first kappa shape index (κ1) is 41.8. The Morgan fingerprint density at radius 1 is 0.949 bits per heavy atom. The van der Waals surface area contributed by atoms with Crippen LogP contribution in [0.2, 0.25) is 0 Å². The Labute approximate surface area is 351 Å². The molecular formula is C47H55N5O6S. The zero-order chi connectivity index (χ0) is 41.7. The Kier molecular flexibility index (Phi) is 13.0. The molecule has 3 aromatic carbocycles. The Morgan fingerprint density at radius 3 is 2.47 bits per heavy atom. The lowest BCUT2D eigenvalue weighted by atomic mass is 9.91. The maximum Gasteiger partial charge on any atom is 0.358 e. The van der Waals surface area contributed by atoms with E-state index in [1.165, 1.54) is 11.3 Å². The largest absolute Gasteiger partial charge is 0.491 e. The summed E-state index contributed by atoms with van der Waals surface area (Å²) in [7, 11) is 0. The number of nitrogens with zero attached hydrogens (tertiary/aromatic N) is 4. The SMILES string of the molecule is CCOC(=O)CN1CCC(CC[C@@H](C)Oc2ccc(-c3ccc(N4CCc5cccc(C(=O)Nc6nc7ccccc7s6)c5C4)nc3C(=O)OC(C)(C)C)c(C)c2)CC1. The molecule has 11 nitrogen and oxygen atoms in total. The Hall–Kier alpha value is -5.33. The minimum Gasteiger partial charge on any atom is -0.491 e. The molecule has 0 unspecified atom stereocenters. The number of esters is 2. The number of pyridine rings is 1. The number of amides is 1. The number of ether oxygens (including phenoxy) is 3. The Bertz CT molecular complexity index is 2280. The van der Waals surface area contributed by atoms with Crippen molar-refractivity contribution >= 4 is 50.3 Å². The lowest BCUT2D eigenvalue weighted by molar-refractivity contribution is -0.144. The van der Waals surface area contributed by atoms with Gasteiger partial charge in [0.15, 0.2) is 10.8 Å². The van der Waals surface area contributed by atoms with Crippen molar-refractivity contribution in [3.05, 3.63) is 101 Å². The highest BCUT2D eigenvalue weighted by Gasteiger charge is 2.28. The molecule has 2 aromatic heterocycles. The second kappa shape index (κ2) is 18.3. The summed E-state index contributed by atoms with van der Waals surface area (Å²) in [5.74, 6) is 1.18. The van der Waals surface area contributed by atoms with E-state index >= 15 is 0 Å². The van der Waals surface area contributed by atoms with E-state index < -0.39 is 11.6 Å². The van der Waals surface area contributed by atoms with Crippen molar-refractivity contribution in [3.63, 3.8) is 0 Å². The lowest BCUT2D eigenvalue weighted by Crippen LogP contribution is -2.38. The molecule has 59 heavy (non-hydrogen) atoms. The Balaban J connectivity index is 1.04. The van der Waals surface area contributed by atoms with Gasteiger partial charge < -0.3 is 19.1 Å². The second-order valence-electron chi connectivity index (χ2n) is 16.6. The van der Waals surface area contributed by atoms with Crippen LogP contribution in [0.3, 0.4) is 0 Å². The van der Waals surface area contributed by atoms with Crippen molar-refractivity contribution in [2.24, 2.45) is 5.92 Å². The number of hydrogen-bond donors (Lipinski definition) is 1. The summed E-state index contributed by atoms with van der Waals surface area (Å²) in [6.07, 6.45) is 4.91. The Morgan fingerprint density at radius 2 is 1.73 bits per heavy atom. The fourth-order valence-electron chi connectivity index (χ4n) is 8.00. The highest BCUT2D eigenvalue weighted by atomic mass is 32.1. The van der Waals surface area contributed by atoms with E-state index in [4.69, 9.17) is 19.2 Å². The molecule has 0 aliphatic carbocycles. The topological polar surface area (TPSA) is 123 Å². The number of carbonyl (C=O) groups is 3. The number of para-hydroxylation sites is 1. The van der Waals surface area contributed by atoms with Gasteiger partial charge in [0.25, 0.3) is 5.91 Å². The zero-order valence-electron chi connectivity index (χ0n) is 35.0. The summed E-state index contributed by atoms with van der Waals surface area (Å²) >= 11 is 1.45. The molecule has 7 rings (SSSR count). The van der Waals surface area contributed by atoms with Gasteiger partial charge in [0.05, 0.1) is 29.5 Å². The molecule has 1 saturated heterocycles. The number of carbonyl (C=O) groups excluding carboxylic acids is 3. The summed E-state index contributed by atoms with van der Waals surface area (Å²) in [4.78, 5) is 53.3. The fraction of sp³-hybridized carbons (Fsp3) is 0.426. The smallest absolute Gasteiger partial charge is 0.358 e. The van der Waals surface area contributed by atoms with Crippen LogP contribution in [0.5, 0.6) is 5.75 Å². The highest BCUT2D eigenvalue weighted by Crippen LogP contribution is 2.35. The van der Waals surface area contributed by atoms with E-state index in [9.17, 15) is 14.4 Å². The average molecular weight is 818 g/mol. The molecule has 2 aliphatic rings. The summed E-state index contributed by atoms with van der Waals surface area (Å²) in [5.41, 5.74) is 5.52. The van der Waals surface area contributed by atoms with Crippen molar-refractivity contribution < 1.29 is 28.6 Å². The van der Waals surface area contributed by atoms with Crippen LogP contribution in [0.4, 0.5) is 10.9 Å². The van der Waals surface area contributed by atoms with Crippen molar-refractivity contribution in [2.45, 2.75) is 91.9 Å². The van der Waals surface area contributed by atoms with Crippen LogP contribution in [0, 0.1) is 12.8 Å². The first-order chi connectivity index (χ1) is 28.3. The number of likely N-dealkylation sites (tertiary alicyclic amines) is 1. The van der Waals surface area contributed by atoms with Gasteiger partial charge in [-0.3, -0.25) is 19.8 Å². The summed E-state index contributed by atoms with van der Waals surface area (Å²) in [5, 5.41) is 3.58. The summed E-state index contributed by atoms with van der Waals surface area (Å²) in [6, 6.07) is 23.6. The number of thiazole rings is 1. The minimum atomic E-state index is -0.718. The van der Waals surface area contributed by atoms with E-state index in [-0.39, 0.29) is 23.7 Å². The molecule has 4 heterocycles. The maximum absolute atomic E-state index is 13.9. The predicted octanol–water partition coefficient (Wildman–Crippen LogP) is 9.26. The van der Waals surface area contributed by atoms with E-state index in [1.54, 1.807) is 0 Å². The van der Waals surface area contributed by atoms with Crippen LogP contribution >= 0.6 is 11.3 Å². The number of anilines is 2. The number of benzene rings is 3. The van der Waals surface area contributed by atoms with E-state index in [1.807, 2.05) is 101 Å². The van der Waals surface area contributed by atoms with Crippen LogP contribution in [-0.2, 0) is 27.2 Å². The van der Waals surface area contributed by atoms with E-state index in [0.717, 1.165) is 83.4 Å². The zero-order valence-corrected chi connectivity index (χ0v) is 35.8. The molecule has 12 heteroatoms. The van der Waals surface area contributed by atoms with Gasteiger partial charge in [-0.15, -0.1) is 0 Å². The van der Waals surface area contributed by atoms with Crippen molar-refractivity contribution in [1.29, 1.82) is 0 Å². The molecule has 1 amide bonds. The molecule has 1 N–H and O–H groups in total. The quantitative estimate of drug-likeness (QED) is 0.115. The first-order valence-corrected chi connectivity index (χ1v) is 21.6. The van der Waals surface area contributed by atoms with Gasteiger partial charge in [0, 0.05) is 24.2 Å². The number of hydrogen-bond acceptors (Lipinski definition) is 11. The number of rotatable bonds is 13. The normalized spacial score (nSPS) is 15.4. The van der Waals surface area contributed by atoms with Crippen molar-refractivity contribution in [1.82, 2.24) is 14.9 Å². The lowest BCUT2D eigenvalue weighted by Gasteiger charge is -2.31. The van der Waals surface area contributed by atoms with Gasteiger partial charge in [-0.2, -0.15) is 0 Å². The number of piperidine rings is 1. The molecule has 0 bridgehead atoms. The van der Waals surface area contributed by atoms with E-state index in [0.29, 0.717) is 54.2 Å². The highest BCUT2D eigenvalue weighted by molar-refractivity contribution is 7.22. The molecule has 0 spiro atoms. The third-order valence-electron chi connectivity index (χ3n) is 11.0. The van der Waals surface area contributed by atoms with E-state index in [2.05, 4.69) is 33.1 Å². The number of aromatic nitrogens is 2. The van der Waals surface area contributed by atoms with Crippen LogP contribution in [0.15, 0.2) is 72.8 Å². The number of fused-ring (bicyclic) bond motifs is 2. The molecule has 0 radical (unpaired) electrons.